The minimum atomic E-state index is -0.837. The number of benzene rings is 1. The van der Waals surface area contributed by atoms with Crippen LogP contribution in [0.4, 0.5) is 0 Å². The summed E-state index contributed by atoms with van der Waals surface area (Å²) >= 11 is 0. The van der Waals surface area contributed by atoms with Gasteiger partial charge < -0.3 is 5.32 Å². The zero-order valence-corrected chi connectivity index (χ0v) is 10.7. The highest BCUT2D eigenvalue weighted by Gasteiger charge is 2.10. The third-order valence-electron chi connectivity index (χ3n) is 2.72. The molecule has 0 aromatic heterocycles. The number of carbonyl (C=O) groups excluding carboxylic acids is 2. The SMILES string of the molecule is CCCc1cc(CNC(=O)C(=O)NN)ccc1C. The highest BCUT2D eigenvalue weighted by Crippen LogP contribution is 2.13. The number of hydrogen-bond acceptors (Lipinski definition) is 3. The van der Waals surface area contributed by atoms with E-state index in [0.29, 0.717) is 6.54 Å². The molecule has 0 bridgehead atoms. The molecule has 0 saturated carbocycles. The Labute approximate surface area is 107 Å². The quantitative estimate of drug-likeness (QED) is 0.315. The zero-order chi connectivity index (χ0) is 13.5. The average molecular weight is 249 g/mol. The van der Waals surface area contributed by atoms with E-state index in [1.165, 1.54) is 11.1 Å². The Hall–Kier alpha value is -1.88. The van der Waals surface area contributed by atoms with Gasteiger partial charge >= 0.3 is 11.8 Å². The van der Waals surface area contributed by atoms with Crippen molar-refractivity contribution in [3.8, 4) is 0 Å². The van der Waals surface area contributed by atoms with Gasteiger partial charge in [0.1, 0.15) is 0 Å². The summed E-state index contributed by atoms with van der Waals surface area (Å²) in [5.74, 6) is 3.30. The van der Waals surface area contributed by atoms with Crippen LogP contribution in [0.5, 0.6) is 0 Å². The molecule has 2 amide bonds. The summed E-state index contributed by atoms with van der Waals surface area (Å²) in [6.07, 6.45) is 2.09. The van der Waals surface area contributed by atoms with Crippen molar-refractivity contribution in [2.24, 2.45) is 5.84 Å². The van der Waals surface area contributed by atoms with E-state index in [9.17, 15) is 9.59 Å². The summed E-state index contributed by atoms with van der Waals surface area (Å²) < 4.78 is 0. The molecule has 1 aromatic rings. The number of nitrogens with two attached hydrogens (primary N) is 1. The molecule has 4 N–H and O–H groups in total. The molecule has 0 atom stereocenters. The summed E-state index contributed by atoms with van der Waals surface area (Å²) in [5.41, 5.74) is 5.28. The topological polar surface area (TPSA) is 84.2 Å². The molecule has 5 nitrogen and oxygen atoms in total. The Morgan fingerprint density at radius 3 is 2.61 bits per heavy atom. The smallest absolute Gasteiger partial charge is 0.323 e. The van der Waals surface area contributed by atoms with Gasteiger partial charge in [0.15, 0.2) is 0 Å². The zero-order valence-electron chi connectivity index (χ0n) is 10.7. The first-order valence-corrected chi connectivity index (χ1v) is 5.95. The molecule has 5 heteroatoms. The summed E-state index contributed by atoms with van der Waals surface area (Å²) in [5, 5.41) is 2.51. The number of hydrazine groups is 1. The van der Waals surface area contributed by atoms with Gasteiger partial charge in [0.25, 0.3) is 0 Å². The molecule has 18 heavy (non-hydrogen) atoms. The lowest BCUT2D eigenvalue weighted by Gasteiger charge is -2.09. The molecular weight excluding hydrogens is 230 g/mol. The summed E-state index contributed by atoms with van der Waals surface area (Å²) in [7, 11) is 0. The Morgan fingerprint density at radius 2 is 2.00 bits per heavy atom. The lowest BCUT2D eigenvalue weighted by atomic mass is 10.0. The van der Waals surface area contributed by atoms with Crippen LogP contribution < -0.4 is 16.6 Å². The molecule has 1 aromatic carbocycles. The maximum atomic E-state index is 11.2. The van der Waals surface area contributed by atoms with Crippen LogP contribution in [0.25, 0.3) is 0 Å². The second-order valence-corrected chi connectivity index (χ2v) is 4.17. The molecule has 0 fully saturated rings. The molecule has 1 rings (SSSR count). The largest absolute Gasteiger partial charge is 0.344 e. The van der Waals surface area contributed by atoms with Crippen LogP contribution in [-0.2, 0) is 22.6 Å². The van der Waals surface area contributed by atoms with E-state index in [1.807, 2.05) is 12.1 Å². The summed E-state index contributed by atoms with van der Waals surface area (Å²) in [4.78, 5) is 22.1. The number of carbonyl (C=O) groups is 2. The molecule has 0 radical (unpaired) electrons. The Bertz CT molecular complexity index is 444. The maximum Gasteiger partial charge on any atom is 0.323 e. The van der Waals surface area contributed by atoms with Gasteiger partial charge in [-0.2, -0.15) is 0 Å². The molecule has 0 spiro atoms. The maximum absolute atomic E-state index is 11.2. The molecule has 0 saturated heterocycles. The average Bonchev–Trinajstić information content (AvgIpc) is 2.38. The molecule has 0 heterocycles. The number of amides is 2. The van der Waals surface area contributed by atoms with Crippen LogP contribution in [0.1, 0.15) is 30.0 Å². The fourth-order valence-corrected chi connectivity index (χ4v) is 1.70. The van der Waals surface area contributed by atoms with E-state index in [2.05, 4.69) is 25.2 Å². The normalized spacial score (nSPS) is 9.94. The van der Waals surface area contributed by atoms with Gasteiger partial charge in [-0.1, -0.05) is 31.5 Å². The van der Waals surface area contributed by atoms with Crippen molar-refractivity contribution in [3.05, 3.63) is 34.9 Å². The van der Waals surface area contributed by atoms with Crippen LogP contribution in [0.3, 0.4) is 0 Å². The lowest BCUT2D eigenvalue weighted by Crippen LogP contribution is -2.42. The molecular formula is C13H19N3O2. The van der Waals surface area contributed by atoms with Crippen LogP contribution in [-0.4, -0.2) is 11.8 Å². The van der Waals surface area contributed by atoms with E-state index in [1.54, 1.807) is 5.43 Å². The predicted octanol–water partition coefficient (Wildman–Crippen LogP) is 0.554. The van der Waals surface area contributed by atoms with E-state index in [0.717, 1.165) is 18.4 Å². The van der Waals surface area contributed by atoms with Crippen molar-refractivity contribution in [2.75, 3.05) is 0 Å². The monoisotopic (exact) mass is 249 g/mol. The Kier molecular flexibility index (Phi) is 5.32. The third kappa shape index (κ3) is 3.85. The lowest BCUT2D eigenvalue weighted by molar-refractivity contribution is -0.139. The van der Waals surface area contributed by atoms with Crippen molar-refractivity contribution in [1.29, 1.82) is 0 Å². The highest BCUT2D eigenvalue weighted by atomic mass is 16.2. The molecule has 0 aliphatic carbocycles. The minimum absolute atomic E-state index is 0.323. The van der Waals surface area contributed by atoms with Gasteiger partial charge in [-0.25, -0.2) is 5.84 Å². The first-order valence-electron chi connectivity index (χ1n) is 5.95. The van der Waals surface area contributed by atoms with Crippen molar-refractivity contribution in [3.63, 3.8) is 0 Å². The van der Waals surface area contributed by atoms with Gasteiger partial charge in [-0.3, -0.25) is 15.0 Å². The Balaban J connectivity index is 2.65. The van der Waals surface area contributed by atoms with Gasteiger partial charge in [0.2, 0.25) is 0 Å². The first kappa shape index (κ1) is 14.2. The first-order chi connectivity index (χ1) is 8.58. The van der Waals surface area contributed by atoms with Crippen LogP contribution in [0, 0.1) is 6.92 Å². The number of rotatable bonds is 4. The predicted molar refractivity (Wildman–Crippen MR) is 69.4 cm³/mol. The van der Waals surface area contributed by atoms with Crippen molar-refractivity contribution in [1.82, 2.24) is 10.7 Å². The van der Waals surface area contributed by atoms with Gasteiger partial charge in [-0.05, 0) is 30.0 Å². The van der Waals surface area contributed by atoms with Crippen LogP contribution in [0.2, 0.25) is 0 Å². The van der Waals surface area contributed by atoms with E-state index >= 15 is 0 Å². The highest BCUT2D eigenvalue weighted by molar-refractivity contribution is 6.34. The number of aryl methyl sites for hydroxylation is 2. The van der Waals surface area contributed by atoms with Gasteiger partial charge in [-0.15, -0.1) is 0 Å². The third-order valence-corrected chi connectivity index (χ3v) is 2.72. The second kappa shape index (κ2) is 6.76. The van der Waals surface area contributed by atoms with Crippen LogP contribution in [0.15, 0.2) is 18.2 Å². The molecule has 0 unspecified atom stereocenters. The van der Waals surface area contributed by atoms with E-state index < -0.39 is 11.8 Å². The molecule has 0 aliphatic rings. The number of hydrogen-bond donors (Lipinski definition) is 3. The van der Waals surface area contributed by atoms with E-state index in [-0.39, 0.29) is 0 Å². The summed E-state index contributed by atoms with van der Waals surface area (Å²) in [6.45, 7) is 4.51. The van der Waals surface area contributed by atoms with Crippen LogP contribution >= 0.6 is 0 Å². The van der Waals surface area contributed by atoms with Crippen molar-refractivity contribution >= 4 is 11.8 Å². The minimum Gasteiger partial charge on any atom is -0.344 e. The standard InChI is InChI=1S/C13H19N3O2/c1-3-4-11-7-10(6-5-9(11)2)8-15-12(17)13(18)16-14/h5-7H,3-4,8,14H2,1-2H3,(H,15,17)(H,16,18). The van der Waals surface area contributed by atoms with Crippen molar-refractivity contribution in [2.45, 2.75) is 33.2 Å². The Morgan fingerprint density at radius 1 is 1.28 bits per heavy atom. The second-order valence-electron chi connectivity index (χ2n) is 4.17. The fraction of sp³-hybridized carbons (Fsp3) is 0.385. The van der Waals surface area contributed by atoms with Crippen molar-refractivity contribution < 1.29 is 9.59 Å². The van der Waals surface area contributed by atoms with Gasteiger partial charge in [0.05, 0.1) is 0 Å². The number of nitrogens with one attached hydrogen (secondary N) is 2. The molecule has 98 valence electrons. The van der Waals surface area contributed by atoms with Gasteiger partial charge in [0, 0.05) is 6.54 Å². The van der Waals surface area contributed by atoms with E-state index in [4.69, 9.17) is 5.84 Å². The molecule has 0 aliphatic heterocycles. The summed E-state index contributed by atoms with van der Waals surface area (Å²) in [6, 6.07) is 6.02. The fourth-order valence-electron chi connectivity index (χ4n) is 1.70.